The van der Waals surface area contributed by atoms with Crippen LogP contribution in [-0.4, -0.2) is 35.4 Å². The van der Waals surface area contributed by atoms with Crippen LogP contribution in [-0.2, 0) is 6.54 Å². The Morgan fingerprint density at radius 2 is 1.78 bits per heavy atom. The molecule has 0 saturated carbocycles. The van der Waals surface area contributed by atoms with Gasteiger partial charge in [0.2, 0.25) is 0 Å². The second-order valence-electron chi connectivity index (χ2n) is 5.75. The maximum Gasteiger partial charge on any atom is 0.255 e. The van der Waals surface area contributed by atoms with Gasteiger partial charge in [-0.15, -0.1) is 0 Å². The van der Waals surface area contributed by atoms with Crippen LogP contribution in [0, 0.1) is 0 Å². The molecule has 0 aliphatic heterocycles. The summed E-state index contributed by atoms with van der Waals surface area (Å²) in [7, 11) is 0. The van der Waals surface area contributed by atoms with Crippen LogP contribution in [0.1, 0.15) is 15.9 Å². The molecule has 134 valence electrons. The SMILES string of the molecule is O=C(Nc1cc(Cl)ccc1-n1cncn1)c1ccc(Cn2cncn2)cc1. The fourth-order valence-corrected chi connectivity index (χ4v) is 2.77. The Morgan fingerprint density at radius 1 is 1.00 bits per heavy atom. The molecule has 0 radical (unpaired) electrons. The van der Waals surface area contributed by atoms with Crippen LogP contribution < -0.4 is 5.32 Å². The molecule has 0 aliphatic carbocycles. The van der Waals surface area contributed by atoms with Gasteiger partial charge in [0, 0.05) is 10.6 Å². The van der Waals surface area contributed by atoms with Crippen molar-refractivity contribution in [2.24, 2.45) is 0 Å². The molecule has 4 rings (SSSR count). The number of rotatable bonds is 5. The number of aromatic nitrogens is 6. The molecule has 2 heterocycles. The summed E-state index contributed by atoms with van der Waals surface area (Å²) in [6.45, 7) is 0.590. The standard InChI is InChI=1S/C18H14ClN7O/c19-15-5-6-17(26-12-21-10-23-26)16(7-15)24-18(27)14-3-1-13(2-4-14)8-25-11-20-9-22-25/h1-7,9-12H,8H2,(H,24,27). The molecule has 2 aromatic heterocycles. The van der Waals surface area contributed by atoms with Crippen LogP contribution in [0.4, 0.5) is 5.69 Å². The molecule has 1 amide bonds. The number of amides is 1. The molecule has 2 aromatic carbocycles. The van der Waals surface area contributed by atoms with Crippen LogP contribution in [0.25, 0.3) is 5.69 Å². The number of hydrogen-bond acceptors (Lipinski definition) is 5. The minimum Gasteiger partial charge on any atom is -0.320 e. The second-order valence-corrected chi connectivity index (χ2v) is 6.18. The van der Waals surface area contributed by atoms with E-state index in [0.29, 0.717) is 28.5 Å². The maximum absolute atomic E-state index is 12.6. The third-order valence-electron chi connectivity index (χ3n) is 3.90. The van der Waals surface area contributed by atoms with E-state index in [1.165, 1.54) is 12.7 Å². The molecule has 1 N–H and O–H groups in total. The quantitative estimate of drug-likeness (QED) is 0.575. The van der Waals surface area contributed by atoms with Crippen molar-refractivity contribution in [1.82, 2.24) is 29.5 Å². The molecule has 0 fully saturated rings. The summed E-state index contributed by atoms with van der Waals surface area (Å²) in [5, 5.41) is 11.6. The molecule has 0 aliphatic rings. The Morgan fingerprint density at radius 3 is 2.48 bits per heavy atom. The smallest absolute Gasteiger partial charge is 0.255 e. The summed E-state index contributed by atoms with van der Waals surface area (Å²) in [6.07, 6.45) is 6.11. The Hall–Kier alpha value is -3.52. The second kappa shape index (κ2) is 7.38. The first-order valence-corrected chi connectivity index (χ1v) is 8.44. The zero-order valence-corrected chi connectivity index (χ0v) is 14.8. The van der Waals surface area contributed by atoms with Crippen molar-refractivity contribution < 1.29 is 4.79 Å². The number of halogens is 1. The van der Waals surface area contributed by atoms with Gasteiger partial charge in [-0.2, -0.15) is 10.2 Å². The van der Waals surface area contributed by atoms with E-state index in [9.17, 15) is 4.79 Å². The van der Waals surface area contributed by atoms with Gasteiger partial charge in [-0.3, -0.25) is 4.79 Å². The molecular weight excluding hydrogens is 366 g/mol. The van der Waals surface area contributed by atoms with Crippen LogP contribution in [0.15, 0.2) is 67.8 Å². The summed E-state index contributed by atoms with van der Waals surface area (Å²) < 4.78 is 3.28. The molecule has 4 aromatic rings. The van der Waals surface area contributed by atoms with Gasteiger partial charge in [-0.1, -0.05) is 23.7 Å². The van der Waals surface area contributed by atoms with Crippen molar-refractivity contribution in [2.75, 3.05) is 5.32 Å². The van der Waals surface area contributed by atoms with E-state index in [-0.39, 0.29) is 5.91 Å². The van der Waals surface area contributed by atoms with Crippen LogP contribution in [0.5, 0.6) is 0 Å². The van der Waals surface area contributed by atoms with Gasteiger partial charge >= 0.3 is 0 Å². The summed E-state index contributed by atoms with van der Waals surface area (Å²) in [5.41, 5.74) is 2.77. The summed E-state index contributed by atoms with van der Waals surface area (Å²) >= 11 is 6.09. The first-order valence-electron chi connectivity index (χ1n) is 8.06. The largest absolute Gasteiger partial charge is 0.320 e. The molecule has 8 nitrogen and oxygen atoms in total. The Labute approximate surface area is 159 Å². The van der Waals surface area contributed by atoms with Crippen LogP contribution in [0.3, 0.4) is 0 Å². The van der Waals surface area contributed by atoms with Crippen LogP contribution >= 0.6 is 11.6 Å². The van der Waals surface area contributed by atoms with Crippen molar-refractivity contribution in [1.29, 1.82) is 0 Å². The molecule has 0 unspecified atom stereocenters. The number of carbonyl (C=O) groups excluding carboxylic acids is 1. The number of carbonyl (C=O) groups is 1. The third-order valence-corrected chi connectivity index (χ3v) is 4.13. The molecule has 0 bridgehead atoms. The lowest BCUT2D eigenvalue weighted by Gasteiger charge is -2.11. The molecule has 0 spiro atoms. The van der Waals surface area contributed by atoms with E-state index < -0.39 is 0 Å². The van der Waals surface area contributed by atoms with Crippen molar-refractivity contribution in [2.45, 2.75) is 6.54 Å². The first-order chi connectivity index (χ1) is 13.2. The fourth-order valence-electron chi connectivity index (χ4n) is 2.60. The zero-order valence-electron chi connectivity index (χ0n) is 14.0. The van der Waals surface area contributed by atoms with E-state index in [2.05, 4.69) is 25.5 Å². The highest BCUT2D eigenvalue weighted by Gasteiger charge is 2.12. The van der Waals surface area contributed by atoms with Gasteiger partial charge in [0.15, 0.2) is 0 Å². The predicted octanol–water partition coefficient (Wildman–Crippen LogP) is 2.81. The fraction of sp³-hybridized carbons (Fsp3) is 0.0556. The van der Waals surface area contributed by atoms with Gasteiger partial charge in [0.1, 0.15) is 25.3 Å². The highest BCUT2D eigenvalue weighted by molar-refractivity contribution is 6.31. The average molecular weight is 380 g/mol. The highest BCUT2D eigenvalue weighted by atomic mass is 35.5. The van der Waals surface area contributed by atoms with Crippen LogP contribution in [0.2, 0.25) is 5.02 Å². The predicted molar refractivity (Wildman–Crippen MR) is 99.9 cm³/mol. The van der Waals surface area contributed by atoms with Gasteiger partial charge in [-0.25, -0.2) is 19.3 Å². The normalized spacial score (nSPS) is 10.7. The first kappa shape index (κ1) is 16.9. The molecule has 9 heteroatoms. The molecule has 0 saturated heterocycles. The number of nitrogens with zero attached hydrogens (tertiary/aromatic N) is 6. The topological polar surface area (TPSA) is 90.5 Å². The van der Waals surface area contributed by atoms with E-state index in [1.54, 1.807) is 52.4 Å². The molecule has 0 atom stereocenters. The third kappa shape index (κ3) is 3.85. The lowest BCUT2D eigenvalue weighted by Crippen LogP contribution is -2.14. The van der Waals surface area contributed by atoms with E-state index in [0.717, 1.165) is 5.56 Å². The summed E-state index contributed by atoms with van der Waals surface area (Å²) in [6, 6.07) is 12.5. The monoisotopic (exact) mass is 379 g/mol. The number of hydrogen-bond donors (Lipinski definition) is 1. The van der Waals surface area contributed by atoms with E-state index >= 15 is 0 Å². The molecule has 27 heavy (non-hydrogen) atoms. The maximum atomic E-state index is 12.6. The summed E-state index contributed by atoms with van der Waals surface area (Å²) in [4.78, 5) is 20.5. The van der Waals surface area contributed by atoms with Gasteiger partial charge < -0.3 is 5.32 Å². The van der Waals surface area contributed by atoms with E-state index in [1.807, 2.05) is 12.1 Å². The number of nitrogens with one attached hydrogen (secondary N) is 1. The van der Waals surface area contributed by atoms with Gasteiger partial charge in [0.05, 0.1) is 17.9 Å². The number of benzene rings is 2. The van der Waals surface area contributed by atoms with Crippen molar-refractivity contribution in [3.63, 3.8) is 0 Å². The lowest BCUT2D eigenvalue weighted by molar-refractivity contribution is 0.102. The Balaban J connectivity index is 1.53. The van der Waals surface area contributed by atoms with Gasteiger partial charge in [-0.05, 0) is 35.9 Å². The summed E-state index contributed by atoms with van der Waals surface area (Å²) in [5.74, 6) is -0.245. The number of anilines is 1. The highest BCUT2D eigenvalue weighted by Crippen LogP contribution is 2.24. The minimum absolute atomic E-state index is 0.245. The van der Waals surface area contributed by atoms with Crippen molar-refractivity contribution in [3.8, 4) is 5.69 Å². The molecular formula is C18H14ClN7O. The zero-order chi connectivity index (χ0) is 18.6. The average Bonchev–Trinajstić information content (AvgIpc) is 3.36. The van der Waals surface area contributed by atoms with Crippen molar-refractivity contribution in [3.05, 3.63) is 83.9 Å². The van der Waals surface area contributed by atoms with Crippen molar-refractivity contribution >= 4 is 23.2 Å². The Bertz CT molecular complexity index is 1040. The Kier molecular flexibility index (Phi) is 4.63. The van der Waals surface area contributed by atoms with E-state index in [4.69, 9.17) is 11.6 Å². The minimum atomic E-state index is -0.245. The van der Waals surface area contributed by atoms with Gasteiger partial charge in [0.25, 0.3) is 5.91 Å². The lowest BCUT2D eigenvalue weighted by atomic mass is 10.1.